The molecule has 1 aromatic carbocycles. The van der Waals surface area contributed by atoms with Crippen LogP contribution in [0, 0.1) is 6.92 Å². The maximum atomic E-state index is 6.19. The van der Waals surface area contributed by atoms with E-state index in [4.69, 9.17) is 17.3 Å². The first kappa shape index (κ1) is 11.9. The number of benzene rings is 1. The number of nitrogens with zero attached hydrogens (tertiary/aromatic N) is 1. The van der Waals surface area contributed by atoms with Gasteiger partial charge in [0.05, 0.1) is 5.52 Å². The van der Waals surface area contributed by atoms with Crippen molar-refractivity contribution in [3.8, 4) is 0 Å². The van der Waals surface area contributed by atoms with Crippen LogP contribution in [-0.2, 0) is 6.42 Å². The molecule has 88 valence electrons. The smallest absolute Gasteiger partial charge is 0.0726 e. The van der Waals surface area contributed by atoms with E-state index < -0.39 is 0 Å². The van der Waals surface area contributed by atoms with E-state index in [2.05, 4.69) is 4.98 Å². The Labute approximate surface area is 106 Å². The first-order valence-electron chi connectivity index (χ1n) is 5.55. The Morgan fingerprint density at radius 3 is 2.82 bits per heavy atom. The Morgan fingerprint density at radius 1 is 1.41 bits per heavy atom. The molecule has 0 amide bonds. The number of hydrogen-bond donors (Lipinski definition) is 1. The molecule has 0 atom stereocenters. The molecule has 2 aromatic rings. The molecule has 0 aliphatic carbocycles. The lowest BCUT2D eigenvalue weighted by Crippen LogP contribution is -2.00. The number of aryl methyl sites for hydroxylation is 1. The third-order valence-corrected chi connectivity index (χ3v) is 2.99. The van der Waals surface area contributed by atoms with Crippen LogP contribution >= 0.6 is 11.6 Å². The number of nitrogens with two attached hydrogens (primary N) is 1. The van der Waals surface area contributed by atoms with Crippen molar-refractivity contribution in [3.63, 3.8) is 0 Å². The maximum Gasteiger partial charge on any atom is 0.0726 e. The first-order valence-corrected chi connectivity index (χ1v) is 5.93. The van der Waals surface area contributed by atoms with Gasteiger partial charge in [-0.2, -0.15) is 0 Å². The number of halogens is 1. The van der Waals surface area contributed by atoms with Crippen LogP contribution in [-0.4, -0.2) is 4.98 Å². The third-order valence-electron chi connectivity index (χ3n) is 2.83. The Bertz CT molecular complexity index is 584. The molecule has 0 bridgehead atoms. The van der Waals surface area contributed by atoms with Gasteiger partial charge in [-0.25, -0.2) is 0 Å². The van der Waals surface area contributed by atoms with E-state index in [0.717, 1.165) is 39.3 Å². The zero-order valence-corrected chi connectivity index (χ0v) is 10.8. The van der Waals surface area contributed by atoms with E-state index in [1.54, 1.807) is 0 Å². The SMILES string of the molecule is C/C(Cl)=C\Cc1c(C)nc2ccccc2c1N. The van der Waals surface area contributed by atoms with Crippen molar-refractivity contribution in [1.82, 2.24) is 4.98 Å². The predicted octanol–water partition coefficient (Wildman–Crippen LogP) is 3.81. The number of fused-ring (bicyclic) bond motifs is 1. The molecule has 1 aromatic heterocycles. The van der Waals surface area contributed by atoms with Gasteiger partial charge in [-0.3, -0.25) is 4.98 Å². The monoisotopic (exact) mass is 246 g/mol. The molecule has 0 fully saturated rings. The van der Waals surface area contributed by atoms with Crippen molar-refractivity contribution in [1.29, 1.82) is 0 Å². The minimum atomic E-state index is 0.727. The van der Waals surface area contributed by atoms with Crippen molar-refractivity contribution in [2.75, 3.05) is 5.73 Å². The average molecular weight is 247 g/mol. The largest absolute Gasteiger partial charge is 0.398 e. The van der Waals surface area contributed by atoms with Gasteiger partial charge in [0, 0.05) is 27.4 Å². The fourth-order valence-corrected chi connectivity index (χ4v) is 1.98. The number of anilines is 1. The van der Waals surface area contributed by atoms with Gasteiger partial charge in [-0.1, -0.05) is 35.9 Å². The standard InChI is InChI=1S/C14H15ClN2/c1-9(15)7-8-11-10(2)17-13-6-4-3-5-12(13)14(11)16/h3-7H,8H2,1-2H3,(H2,16,17)/b9-7+. The van der Waals surface area contributed by atoms with E-state index in [1.165, 1.54) is 0 Å². The van der Waals surface area contributed by atoms with Gasteiger partial charge in [0.1, 0.15) is 0 Å². The minimum Gasteiger partial charge on any atom is -0.398 e. The van der Waals surface area contributed by atoms with Gasteiger partial charge < -0.3 is 5.73 Å². The Kier molecular flexibility index (Phi) is 3.34. The van der Waals surface area contributed by atoms with Crippen molar-refractivity contribution >= 4 is 28.2 Å². The number of allylic oxidation sites excluding steroid dienone is 2. The summed E-state index contributed by atoms with van der Waals surface area (Å²) in [6, 6.07) is 7.92. The molecule has 0 aliphatic rings. The van der Waals surface area contributed by atoms with Gasteiger partial charge in [-0.15, -0.1) is 0 Å². The van der Waals surface area contributed by atoms with Crippen LogP contribution < -0.4 is 5.73 Å². The average Bonchev–Trinajstić information content (AvgIpc) is 2.28. The predicted molar refractivity (Wildman–Crippen MR) is 74.2 cm³/mol. The molecule has 0 spiro atoms. The van der Waals surface area contributed by atoms with Crippen molar-refractivity contribution in [2.45, 2.75) is 20.3 Å². The molecule has 17 heavy (non-hydrogen) atoms. The summed E-state index contributed by atoms with van der Waals surface area (Å²) in [7, 11) is 0. The second-order valence-electron chi connectivity index (χ2n) is 4.10. The van der Waals surface area contributed by atoms with Crippen molar-refractivity contribution in [2.24, 2.45) is 0 Å². The number of aromatic nitrogens is 1. The number of hydrogen-bond acceptors (Lipinski definition) is 2. The van der Waals surface area contributed by atoms with Gasteiger partial charge in [0.15, 0.2) is 0 Å². The van der Waals surface area contributed by atoms with E-state index in [1.807, 2.05) is 44.2 Å². The summed E-state index contributed by atoms with van der Waals surface area (Å²) in [6.07, 6.45) is 2.68. The van der Waals surface area contributed by atoms with Crippen LogP contribution in [0.15, 0.2) is 35.4 Å². The Morgan fingerprint density at radius 2 is 2.12 bits per heavy atom. The van der Waals surface area contributed by atoms with E-state index in [-0.39, 0.29) is 0 Å². The molecule has 0 radical (unpaired) electrons. The van der Waals surface area contributed by atoms with Crippen LogP contribution in [0.2, 0.25) is 0 Å². The first-order chi connectivity index (χ1) is 8.09. The van der Waals surface area contributed by atoms with Crippen molar-refractivity contribution in [3.05, 3.63) is 46.6 Å². The Balaban J connectivity index is 2.59. The van der Waals surface area contributed by atoms with Crippen LogP contribution in [0.3, 0.4) is 0 Å². The molecule has 2 N–H and O–H groups in total. The lowest BCUT2D eigenvalue weighted by Gasteiger charge is -2.10. The second kappa shape index (κ2) is 4.76. The molecule has 3 heteroatoms. The molecule has 0 saturated carbocycles. The number of pyridine rings is 1. The second-order valence-corrected chi connectivity index (χ2v) is 4.70. The van der Waals surface area contributed by atoms with Crippen LogP contribution in [0.1, 0.15) is 18.2 Å². The zero-order valence-electron chi connectivity index (χ0n) is 10.00. The quantitative estimate of drug-likeness (QED) is 0.875. The lowest BCUT2D eigenvalue weighted by atomic mass is 10.0. The molecule has 2 nitrogen and oxygen atoms in total. The zero-order chi connectivity index (χ0) is 12.4. The summed E-state index contributed by atoms with van der Waals surface area (Å²) < 4.78 is 0. The van der Waals surface area contributed by atoms with Crippen LogP contribution in [0.5, 0.6) is 0 Å². The summed E-state index contributed by atoms with van der Waals surface area (Å²) in [4.78, 5) is 4.56. The number of para-hydroxylation sites is 1. The van der Waals surface area contributed by atoms with Gasteiger partial charge in [-0.05, 0) is 26.3 Å². The highest BCUT2D eigenvalue weighted by Crippen LogP contribution is 2.26. The maximum absolute atomic E-state index is 6.19. The van der Waals surface area contributed by atoms with Gasteiger partial charge >= 0.3 is 0 Å². The van der Waals surface area contributed by atoms with Gasteiger partial charge in [0.25, 0.3) is 0 Å². The third kappa shape index (κ3) is 2.42. The molecule has 0 aliphatic heterocycles. The molecular weight excluding hydrogens is 232 g/mol. The van der Waals surface area contributed by atoms with Gasteiger partial charge in [0.2, 0.25) is 0 Å². The summed E-state index contributed by atoms with van der Waals surface area (Å²) in [6.45, 7) is 3.84. The summed E-state index contributed by atoms with van der Waals surface area (Å²) in [5.41, 5.74) is 9.97. The number of nitrogen functional groups attached to an aromatic ring is 1. The fourth-order valence-electron chi connectivity index (χ4n) is 1.90. The highest BCUT2D eigenvalue weighted by Gasteiger charge is 2.08. The van der Waals surface area contributed by atoms with E-state index in [0.29, 0.717) is 0 Å². The minimum absolute atomic E-state index is 0.727. The van der Waals surface area contributed by atoms with E-state index >= 15 is 0 Å². The highest BCUT2D eigenvalue weighted by atomic mass is 35.5. The van der Waals surface area contributed by atoms with Crippen LogP contribution in [0.25, 0.3) is 10.9 Å². The van der Waals surface area contributed by atoms with Crippen molar-refractivity contribution < 1.29 is 0 Å². The molecule has 2 rings (SSSR count). The molecule has 1 heterocycles. The highest BCUT2D eigenvalue weighted by molar-refractivity contribution is 6.29. The molecule has 0 unspecified atom stereocenters. The lowest BCUT2D eigenvalue weighted by molar-refractivity contribution is 1.13. The fraction of sp³-hybridized carbons (Fsp3) is 0.214. The topological polar surface area (TPSA) is 38.9 Å². The van der Waals surface area contributed by atoms with Crippen LogP contribution in [0.4, 0.5) is 5.69 Å². The summed E-state index contributed by atoms with van der Waals surface area (Å²) in [5.74, 6) is 0. The number of rotatable bonds is 2. The molecule has 0 saturated heterocycles. The molecular formula is C14H15ClN2. The Hall–Kier alpha value is -1.54. The summed E-state index contributed by atoms with van der Waals surface area (Å²) in [5, 5.41) is 1.78. The summed E-state index contributed by atoms with van der Waals surface area (Å²) >= 11 is 5.85. The normalized spacial score (nSPS) is 12.1. The van der Waals surface area contributed by atoms with E-state index in [9.17, 15) is 0 Å².